The van der Waals surface area contributed by atoms with Crippen LogP contribution in [0.2, 0.25) is 0 Å². The van der Waals surface area contributed by atoms with E-state index in [1.165, 1.54) is 5.56 Å². The number of ether oxygens (including phenoxy) is 1. The van der Waals surface area contributed by atoms with E-state index in [0.717, 1.165) is 5.75 Å². The Labute approximate surface area is 99.9 Å². The normalized spacial score (nSPS) is 11.6. The van der Waals surface area contributed by atoms with Crippen LogP contribution in [0.5, 0.6) is 5.75 Å². The van der Waals surface area contributed by atoms with Crippen molar-refractivity contribution in [3.05, 3.63) is 35.9 Å². The first-order valence-corrected chi connectivity index (χ1v) is 5.45. The zero-order valence-electron chi connectivity index (χ0n) is 9.11. The van der Waals surface area contributed by atoms with E-state index in [4.69, 9.17) is 22.3 Å². The fraction of sp³-hybridized carbons (Fsp3) is 0.111. The van der Waals surface area contributed by atoms with Gasteiger partial charge in [0.2, 0.25) is 0 Å². The fourth-order valence-electron chi connectivity index (χ4n) is 1.06. The lowest BCUT2D eigenvalue weighted by Crippen LogP contribution is -1.98. The monoisotopic (exact) mass is 264 g/mol. The first kappa shape index (κ1) is 17.9. The second-order valence-corrected chi connectivity index (χ2v) is 3.59. The molecule has 17 heavy (non-hydrogen) atoms. The maximum absolute atomic E-state index is 8.74. The van der Waals surface area contributed by atoms with Crippen LogP contribution in [-0.2, 0) is 10.4 Å². The number of hydrogen-bond acceptors (Lipinski definition) is 5. The van der Waals surface area contributed by atoms with Crippen LogP contribution in [0.15, 0.2) is 30.3 Å². The summed E-state index contributed by atoms with van der Waals surface area (Å²) in [4.78, 5) is 0. The third-order valence-corrected chi connectivity index (χ3v) is 1.55. The van der Waals surface area contributed by atoms with Gasteiger partial charge in [-0.2, -0.15) is 8.42 Å². The Kier molecular flexibility index (Phi) is 8.19. The van der Waals surface area contributed by atoms with Crippen LogP contribution in [0.4, 0.5) is 0 Å². The zero-order chi connectivity index (χ0) is 11.3. The van der Waals surface area contributed by atoms with E-state index >= 15 is 0 Å². The van der Waals surface area contributed by atoms with Gasteiger partial charge in [0.25, 0.3) is 0 Å². The molecule has 0 radical (unpaired) electrons. The second-order valence-electron chi connectivity index (χ2n) is 2.70. The highest BCUT2D eigenvalue weighted by molar-refractivity contribution is 7.79. The van der Waals surface area contributed by atoms with Crippen LogP contribution in [0.1, 0.15) is 5.56 Å². The predicted molar refractivity (Wildman–Crippen MR) is 65.2 cm³/mol. The molecule has 1 heterocycles. The maximum Gasteiger partial charge on any atom is 0.394 e. The summed E-state index contributed by atoms with van der Waals surface area (Å²) in [5.41, 5.74) is 1.17. The van der Waals surface area contributed by atoms with Crippen LogP contribution < -0.4 is 17.0 Å². The van der Waals surface area contributed by atoms with Crippen molar-refractivity contribution in [2.45, 2.75) is 0 Å². The summed E-state index contributed by atoms with van der Waals surface area (Å²) >= 11 is 0. The number of fused-ring (bicyclic) bond motifs is 1. The van der Waals surface area contributed by atoms with Gasteiger partial charge < -0.3 is 17.0 Å². The molecular weight excluding hydrogens is 248 g/mol. The SMILES string of the molecule is C1=Cc2ccccc2OC1.N.N.O=S(=O)(O)O. The minimum absolute atomic E-state index is 0. The summed E-state index contributed by atoms with van der Waals surface area (Å²) in [7, 11) is -4.67. The van der Waals surface area contributed by atoms with Crippen LogP contribution >= 0.6 is 0 Å². The average molecular weight is 264 g/mol. The molecule has 98 valence electrons. The lowest BCUT2D eigenvalue weighted by molar-refractivity contribution is 0.358. The summed E-state index contributed by atoms with van der Waals surface area (Å²) < 4.78 is 36.9. The molecule has 1 aromatic carbocycles. The molecular formula is C9H16N2O5S. The Bertz CT molecular complexity index is 450. The molecule has 7 nitrogen and oxygen atoms in total. The third-order valence-electron chi connectivity index (χ3n) is 1.55. The van der Waals surface area contributed by atoms with E-state index in [-0.39, 0.29) is 12.3 Å². The van der Waals surface area contributed by atoms with Gasteiger partial charge in [-0.3, -0.25) is 9.11 Å². The molecule has 0 atom stereocenters. The van der Waals surface area contributed by atoms with Crippen molar-refractivity contribution < 1.29 is 22.3 Å². The molecule has 0 saturated heterocycles. The minimum atomic E-state index is -4.67. The van der Waals surface area contributed by atoms with Crippen molar-refractivity contribution >= 4 is 16.5 Å². The van der Waals surface area contributed by atoms with Crippen LogP contribution in [0, 0.1) is 0 Å². The van der Waals surface area contributed by atoms with E-state index in [9.17, 15) is 0 Å². The Morgan fingerprint density at radius 3 is 2.18 bits per heavy atom. The Morgan fingerprint density at radius 1 is 1.12 bits per heavy atom. The number of benzene rings is 1. The zero-order valence-corrected chi connectivity index (χ0v) is 9.93. The number of rotatable bonds is 0. The predicted octanol–water partition coefficient (Wildman–Crippen LogP) is 1.76. The summed E-state index contributed by atoms with van der Waals surface area (Å²) in [6.07, 6.45) is 4.10. The van der Waals surface area contributed by atoms with E-state index in [1.807, 2.05) is 30.3 Å². The van der Waals surface area contributed by atoms with E-state index in [1.54, 1.807) is 0 Å². The minimum Gasteiger partial charge on any atom is -0.489 e. The summed E-state index contributed by atoms with van der Waals surface area (Å²) in [6.45, 7) is 0.705. The Hall–Kier alpha value is -1.45. The van der Waals surface area contributed by atoms with Gasteiger partial charge >= 0.3 is 10.4 Å². The maximum atomic E-state index is 8.74. The molecule has 0 aliphatic carbocycles. The number of para-hydroxylation sites is 1. The molecule has 0 bridgehead atoms. The quantitative estimate of drug-likeness (QED) is 0.520. The van der Waals surface area contributed by atoms with Crippen molar-refractivity contribution in [1.82, 2.24) is 12.3 Å². The molecule has 1 aromatic rings. The van der Waals surface area contributed by atoms with Crippen LogP contribution in [0.25, 0.3) is 6.08 Å². The molecule has 0 amide bonds. The molecule has 0 unspecified atom stereocenters. The van der Waals surface area contributed by atoms with E-state index in [2.05, 4.69) is 6.08 Å². The largest absolute Gasteiger partial charge is 0.489 e. The van der Waals surface area contributed by atoms with Crippen molar-refractivity contribution in [2.24, 2.45) is 0 Å². The third kappa shape index (κ3) is 8.37. The highest BCUT2D eigenvalue weighted by atomic mass is 32.3. The molecule has 0 saturated carbocycles. The number of hydrogen-bond donors (Lipinski definition) is 4. The molecule has 2 rings (SSSR count). The highest BCUT2D eigenvalue weighted by Crippen LogP contribution is 2.21. The Morgan fingerprint density at radius 2 is 1.65 bits per heavy atom. The second kappa shape index (κ2) is 7.76. The van der Waals surface area contributed by atoms with Gasteiger partial charge in [-0.15, -0.1) is 0 Å². The molecule has 8 N–H and O–H groups in total. The van der Waals surface area contributed by atoms with Crippen molar-refractivity contribution in [1.29, 1.82) is 0 Å². The molecule has 8 heteroatoms. The topological polar surface area (TPSA) is 154 Å². The standard InChI is InChI=1S/C9H8O.2H3N.H2O4S/c1-2-6-9-8(4-1)5-3-7-10-9;;;1-5(2,3)4/h1-6H,7H2;2*1H3;(H2,1,2,3,4). The van der Waals surface area contributed by atoms with Crippen molar-refractivity contribution in [3.8, 4) is 5.75 Å². The average Bonchev–Trinajstić information content (AvgIpc) is 2.16. The van der Waals surface area contributed by atoms with Gasteiger partial charge in [0.1, 0.15) is 12.4 Å². The molecule has 0 fully saturated rings. The fourth-order valence-corrected chi connectivity index (χ4v) is 1.06. The van der Waals surface area contributed by atoms with E-state index in [0.29, 0.717) is 6.61 Å². The smallest absolute Gasteiger partial charge is 0.394 e. The van der Waals surface area contributed by atoms with Crippen molar-refractivity contribution in [2.75, 3.05) is 6.61 Å². The van der Waals surface area contributed by atoms with Crippen LogP contribution in [-0.4, -0.2) is 24.1 Å². The Balaban J connectivity index is 0. The first-order chi connectivity index (χ1) is 6.97. The van der Waals surface area contributed by atoms with Gasteiger partial charge in [0, 0.05) is 5.56 Å². The van der Waals surface area contributed by atoms with Gasteiger partial charge in [0.15, 0.2) is 0 Å². The summed E-state index contributed by atoms with van der Waals surface area (Å²) in [6, 6.07) is 8.03. The van der Waals surface area contributed by atoms with Gasteiger partial charge in [0.05, 0.1) is 0 Å². The van der Waals surface area contributed by atoms with Gasteiger partial charge in [-0.25, -0.2) is 0 Å². The van der Waals surface area contributed by atoms with Gasteiger partial charge in [-0.05, 0) is 12.1 Å². The highest BCUT2D eigenvalue weighted by Gasteiger charge is 2.01. The molecule has 1 aliphatic heterocycles. The molecule has 0 spiro atoms. The van der Waals surface area contributed by atoms with Crippen LogP contribution in [0.3, 0.4) is 0 Å². The van der Waals surface area contributed by atoms with Crippen molar-refractivity contribution in [3.63, 3.8) is 0 Å². The van der Waals surface area contributed by atoms with E-state index < -0.39 is 10.4 Å². The lowest BCUT2D eigenvalue weighted by Gasteiger charge is -2.10. The lowest BCUT2D eigenvalue weighted by atomic mass is 10.1. The van der Waals surface area contributed by atoms with Gasteiger partial charge in [-0.1, -0.05) is 24.3 Å². The molecule has 0 aromatic heterocycles. The molecule has 1 aliphatic rings. The summed E-state index contributed by atoms with van der Waals surface area (Å²) in [5, 5.41) is 0. The first-order valence-electron chi connectivity index (χ1n) is 4.05. The summed E-state index contributed by atoms with van der Waals surface area (Å²) in [5.74, 6) is 0.991.